The minimum Gasteiger partial charge on any atom is -0.478 e. The fraction of sp³-hybridized carbons (Fsp3) is 0.467. The van der Waals surface area contributed by atoms with Gasteiger partial charge in [-0.05, 0) is 37.5 Å². The molecule has 20 heavy (non-hydrogen) atoms. The molecule has 2 unspecified atom stereocenters. The number of rotatable bonds is 4. The molecule has 1 aliphatic heterocycles. The summed E-state index contributed by atoms with van der Waals surface area (Å²) in [5.74, 6) is -0.996. The lowest BCUT2D eigenvalue weighted by Gasteiger charge is -2.27. The van der Waals surface area contributed by atoms with E-state index >= 15 is 0 Å². The number of carbonyl (C=O) groups excluding carboxylic acids is 1. The molecule has 1 fully saturated rings. The average molecular weight is 277 g/mol. The van der Waals surface area contributed by atoms with Crippen molar-refractivity contribution >= 4 is 11.9 Å². The van der Waals surface area contributed by atoms with Crippen LogP contribution in [-0.2, 0) is 16.0 Å². The summed E-state index contributed by atoms with van der Waals surface area (Å²) in [6, 6.07) is 6.55. The summed E-state index contributed by atoms with van der Waals surface area (Å²) >= 11 is 0. The molecule has 0 aliphatic carbocycles. The van der Waals surface area contributed by atoms with Gasteiger partial charge in [-0.3, -0.25) is 4.79 Å². The van der Waals surface area contributed by atoms with Crippen molar-refractivity contribution in [1.82, 2.24) is 5.32 Å². The highest BCUT2D eigenvalue weighted by molar-refractivity contribution is 5.87. The lowest BCUT2D eigenvalue weighted by Crippen LogP contribution is -2.41. The van der Waals surface area contributed by atoms with Crippen LogP contribution >= 0.6 is 0 Å². The monoisotopic (exact) mass is 277 g/mol. The summed E-state index contributed by atoms with van der Waals surface area (Å²) in [5.41, 5.74) is 1.04. The molecule has 2 rings (SSSR count). The van der Waals surface area contributed by atoms with Gasteiger partial charge < -0.3 is 15.2 Å². The summed E-state index contributed by atoms with van der Waals surface area (Å²) in [6.45, 7) is 2.68. The van der Waals surface area contributed by atoms with E-state index in [1.165, 1.54) is 12.1 Å². The first-order chi connectivity index (χ1) is 9.54. The van der Waals surface area contributed by atoms with Crippen LogP contribution in [0, 0.1) is 0 Å². The molecule has 0 spiro atoms. The van der Waals surface area contributed by atoms with Gasteiger partial charge in [0, 0.05) is 12.6 Å². The molecular weight excluding hydrogens is 258 g/mol. The normalized spacial score (nSPS) is 22.2. The zero-order valence-corrected chi connectivity index (χ0v) is 11.5. The summed E-state index contributed by atoms with van der Waals surface area (Å²) in [6.07, 6.45) is 2.13. The van der Waals surface area contributed by atoms with Crippen molar-refractivity contribution in [3.8, 4) is 0 Å². The molecule has 0 saturated carbocycles. The first kappa shape index (κ1) is 14.5. The van der Waals surface area contributed by atoms with E-state index in [1.807, 2.05) is 6.92 Å². The molecule has 1 aromatic rings. The molecule has 1 heterocycles. The first-order valence-electron chi connectivity index (χ1n) is 6.78. The van der Waals surface area contributed by atoms with E-state index < -0.39 is 5.97 Å². The smallest absolute Gasteiger partial charge is 0.335 e. The molecule has 2 atom stereocenters. The van der Waals surface area contributed by atoms with Gasteiger partial charge in [-0.15, -0.1) is 0 Å². The van der Waals surface area contributed by atoms with Gasteiger partial charge in [-0.1, -0.05) is 12.1 Å². The molecule has 1 aromatic carbocycles. The second-order valence-electron chi connectivity index (χ2n) is 5.15. The van der Waals surface area contributed by atoms with E-state index in [9.17, 15) is 9.59 Å². The highest BCUT2D eigenvalue weighted by atomic mass is 16.5. The molecule has 5 nitrogen and oxygen atoms in total. The first-order valence-corrected chi connectivity index (χ1v) is 6.78. The van der Waals surface area contributed by atoms with Gasteiger partial charge in [0.25, 0.3) is 0 Å². The third kappa shape index (κ3) is 4.06. The maximum Gasteiger partial charge on any atom is 0.335 e. The van der Waals surface area contributed by atoms with E-state index in [2.05, 4.69) is 5.32 Å². The van der Waals surface area contributed by atoms with Crippen LogP contribution in [0.15, 0.2) is 24.3 Å². The largest absolute Gasteiger partial charge is 0.478 e. The van der Waals surface area contributed by atoms with Gasteiger partial charge >= 0.3 is 5.97 Å². The van der Waals surface area contributed by atoms with E-state index in [4.69, 9.17) is 9.84 Å². The molecule has 0 bridgehead atoms. The maximum absolute atomic E-state index is 11.9. The van der Waals surface area contributed by atoms with Crippen LogP contribution in [0.1, 0.15) is 35.7 Å². The number of aromatic carboxylic acids is 1. The number of hydrogen-bond donors (Lipinski definition) is 2. The molecular formula is C15H19NO4. The predicted octanol–water partition coefficient (Wildman–Crippen LogP) is 1.61. The fourth-order valence-corrected chi connectivity index (χ4v) is 2.36. The Bertz CT molecular complexity index is 483. The van der Waals surface area contributed by atoms with Crippen molar-refractivity contribution in [1.29, 1.82) is 0 Å². The number of hydrogen-bond acceptors (Lipinski definition) is 3. The Labute approximate surface area is 117 Å². The number of carboxylic acids is 1. The summed E-state index contributed by atoms with van der Waals surface area (Å²) in [4.78, 5) is 22.7. The van der Waals surface area contributed by atoms with Gasteiger partial charge in [0.15, 0.2) is 0 Å². The van der Waals surface area contributed by atoms with Crippen LogP contribution in [0.4, 0.5) is 0 Å². The predicted molar refractivity (Wildman–Crippen MR) is 73.7 cm³/mol. The molecule has 2 N–H and O–H groups in total. The van der Waals surface area contributed by atoms with Gasteiger partial charge in [-0.2, -0.15) is 0 Å². The lowest BCUT2D eigenvalue weighted by atomic mass is 10.0. The van der Waals surface area contributed by atoms with Crippen molar-refractivity contribution in [3.63, 3.8) is 0 Å². The number of carbonyl (C=O) groups is 2. The van der Waals surface area contributed by atoms with Crippen molar-refractivity contribution in [2.75, 3.05) is 6.61 Å². The zero-order valence-electron chi connectivity index (χ0n) is 11.5. The molecule has 5 heteroatoms. The van der Waals surface area contributed by atoms with Gasteiger partial charge in [0.05, 0.1) is 18.1 Å². The number of carboxylic acid groups (broad SMARTS) is 1. The van der Waals surface area contributed by atoms with Crippen LogP contribution in [0.25, 0.3) is 0 Å². The molecule has 1 amide bonds. The fourth-order valence-electron chi connectivity index (χ4n) is 2.36. The van der Waals surface area contributed by atoms with Crippen molar-refractivity contribution in [2.45, 2.75) is 38.3 Å². The second kappa shape index (κ2) is 6.52. The summed E-state index contributed by atoms with van der Waals surface area (Å²) in [7, 11) is 0. The highest BCUT2D eigenvalue weighted by Gasteiger charge is 2.20. The minimum absolute atomic E-state index is 0.0350. The van der Waals surface area contributed by atoms with Crippen LogP contribution in [-0.4, -0.2) is 35.7 Å². The Kier molecular flexibility index (Phi) is 4.74. The summed E-state index contributed by atoms with van der Waals surface area (Å²) < 4.78 is 5.44. The third-order valence-corrected chi connectivity index (χ3v) is 3.42. The Hall–Kier alpha value is -1.88. The number of ether oxygens (including phenoxy) is 1. The lowest BCUT2D eigenvalue weighted by molar-refractivity contribution is -0.122. The van der Waals surface area contributed by atoms with Gasteiger partial charge in [0.1, 0.15) is 0 Å². The number of amides is 1. The van der Waals surface area contributed by atoms with Crippen LogP contribution < -0.4 is 5.32 Å². The van der Waals surface area contributed by atoms with E-state index in [-0.39, 0.29) is 30.0 Å². The Balaban J connectivity index is 1.86. The second-order valence-corrected chi connectivity index (χ2v) is 5.15. The molecule has 0 aromatic heterocycles. The van der Waals surface area contributed by atoms with Crippen LogP contribution in [0.5, 0.6) is 0 Å². The topological polar surface area (TPSA) is 75.6 Å². The Morgan fingerprint density at radius 1 is 1.35 bits per heavy atom. The van der Waals surface area contributed by atoms with Crippen molar-refractivity contribution < 1.29 is 19.4 Å². The van der Waals surface area contributed by atoms with Crippen molar-refractivity contribution in [3.05, 3.63) is 35.4 Å². The SMILES string of the molecule is CC1CC(NC(=O)Cc2ccc(C(=O)O)cc2)CCO1. The third-order valence-electron chi connectivity index (χ3n) is 3.42. The van der Waals surface area contributed by atoms with Crippen LogP contribution in [0.3, 0.4) is 0 Å². The van der Waals surface area contributed by atoms with Crippen molar-refractivity contribution in [2.24, 2.45) is 0 Å². The maximum atomic E-state index is 11.9. The van der Waals surface area contributed by atoms with E-state index in [0.717, 1.165) is 18.4 Å². The Morgan fingerprint density at radius 3 is 2.65 bits per heavy atom. The quantitative estimate of drug-likeness (QED) is 0.876. The zero-order chi connectivity index (χ0) is 14.5. The minimum atomic E-state index is -0.961. The van der Waals surface area contributed by atoms with E-state index in [0.29, 0.717) is 6.61 Å². The molecule has 1 saturated heterocycles. The molecule has 1 aliphatic rings. The standard InChI is InChI=1S/C15H19NO4/c1-10-8-13(6-7-20-10)16-14(17)9-11-2-4-12(5-3-11)15(18)19/h2-5,10,13H,6-9H2,1H3,(H,16,17)(H,18,19). The van der Waals surface area contributed by atoms with Crippen LogP contribution in [0.2, 0.25) is 0 Å². The average Bonchev–Trinajstić information content (AvgIpc) is 2.39. The Morgan fingerprint density at radius 2 is 2.05 bits per heavy atom. The summed E-state index contributed by atoms with van der Waals surface area (Å²) in [5, 5.41) is 11.8. The van der Waals surface area contributed by atoms with Gasteiger partial charge in [-0.25, -0.2) is 4.79 Å². The highest BCUT2D eigenvalue weighted by Crippen LogP contribution is 2.13. The number of nitrogens with one attached hydrogen (secondary N) is 1. The number of benzene rings is 1. The molecule has 0 radical (unpaired) electrons. The van der Waals surface area contributed by atoms with Gasteiger partial charge in [0.2, 0.25) is 5.91 Å². The van der Waals surface area contributed by atoms with E-state index in [1.54, 1.807) is 12.1 Å². The molecule has 108 valence electrons.